The summed E-state index contributed by atoms with van der Waals surface area (Å²) in [6, 6.07) is 18.3. The molecular weight excluding hydrogens is 392 g/mol. The van der Waals surface area contributed by atoms with Crippen molar-refractivity contribution >= 4 is 23.4 Å². The highest BCUT2D eigenvalue weighted by Crippen LogP contribution is 2.34. The van der Waals surface area contributed by atoms with Crippen LogP contribution < -0.4 is 5.32 Å². The normalized spacial score (nSPS) is 15.1. The molecule has 30 heavy (non-hydrogen) atoms. The lowest BCUT2D eigenvalue weighted by molar-refractivity contribution is -0.115. The van der Waals surface area contributed by atoms with Gasteiger partial charge in [0.15, 0.2) is 0 Å². The lowest BCUT2D eigenvalue weighted by atomic mass is 9.82. The monoisotopic (exact) mass is 414 g/mol. The third-order valence-corrected chi connectivity index (χ3v) is 6.27. The Labute approximate surface area is 180 Å². The van der Waals surface area contributed by atoms with Crippen LogP contribution in [0.2, 0.25) is 0 Å². The summed E-state index contributed by atoms with van der Waals surface area (Å²) in [5, 5.41) is 13.2. The summed E-state index contributed by atoms with van der Waals surface area (Å²) in [4.78, 5) is 20.9. The van der Waals surface area contributed by atoms with E-state index in [1.807, 2.05) is 12.1 Å². The molecule has 0 radical (unpaired) electrons. The first-order valence-corrected chi connectivity index (χ1v) is 11.0. The Kier molecular flexibility index (Phi) is 6.41. The van der Waals surface area contributed by atoms with Crippen LogP contribution >= 0.6 is 11.8 Å². The van der Waals surface area contributed by atoms with E-state index in [4.69, 9.17) is 4.98 Å². The Morgan fingerprint density at radius 1 is 1.20 bits per heavy atom. The molecule has 0 saturated heterocycles. The Morgan fingerprint density at radius 2 is 2.00 bits per heavy atom. The average molecular weight is 415 g/mol. The van der Waals surface area contributed by atoms with Gasteiger partial charge in [0.05, 0.1) is 5.56 Å². The minimum atomic E-state index is -0.0594. The highest BCUT2D eigenvalue weighted by atomic mass is 32.2. The van der Waals surface area contributed by atoms with Crippen LogP contribution in [0.15, 0.2) is 66.0 Å². The Morgan fingerprint density at radius 3 is 2.77 bits per heavy atom. The summed E-state index contributed by atoms with van der Waals surface area (Å²) in [5.41, 5.74) is 4.94. The standard InChI is InChI=1S/C24H22N4OS/c25-16-20-15-19-14-18(17-4-2-1-3-5-17)6-7-22(19)28-24(20)30-13-10-23(29)27-21-8-11-26-12-9-21/h1-5,8-9,11-12,15,18H,6-7,10,13-14H2,(H,26,27,29). The summed E-state index contributed by atoms with van der Waals surface area (Å²) in [7, 11) is 0. The number of pyridine rings is 2. The van der Waals surface area contributed by atoms with E-state index in [1.165, 1.54) is 22.9 Å². The van der Waals surface area contributed by atoms with Gasteiger partial charge in [0.2, 0.25) is 5.91 Å². The maximum Gasteiger partial charge on any atom is 0.225 e. The zero-order valence-corrected chi connectivity index (χ0v) is 17.4. The zero-order valence-electron chi connectivity index (χ0n) is 16.5. The van der Waals surface area contributed by atoms with Crippen molar-refractivity contribution in [2.45, 2.75) is 36.6 Å². The van der Waals surface area contributed by atoms with E-state index in [9.17, 15) is 10.1 Å². The summed E-state index contributed by atoms with van der Waals surface area (Å²) in [6.07, 6.45) is 6.53. The molecule has 2 heterocycles. The molecule has 1 aliphatic carbocycles. The van der Waals surface area contributed by atoms with Gasteiger partial charge < -0.3 is 5.32 Å². The molecule has 1 N–H and O–H groups in total. The maximum atomic E-state index is 12.1. The second-order valence-electron chi connectivity index (χ2n) is 7.29. The topological polar surface area (TPSA) is 78.7 Å². The third-order valence-electron chi connectivity index (χ3n) is 5.28. The molecule has 6 heteroatoms. The number of carbonyl (C=O) groups is 1. The van der Waals surface area contributed by atoms with E-state index in [2.05, 4.69) is 40.6 Å². The first-order valence-electron chi connectivity index (χ1n) is 10.0. The molecule has 4 rings (SSSR count). The molecule has 1 atom stereocenters. The van der Waals surface area contributed by atoms with Crippen molar-refractivity contribution in [3.05, 3.63) is 83.3 Å². The highest BCUT2D eigenvalue weighted by Gasteiger charge is 2.23. The van der Waals surface area contributed by atoms with Crippen molar-refractivity contribution in [3.63, 3.8) is 0 Å². The van der Waals surface area contributed by atoms with Crippen LogP contribution in [0.4, 0.5) is 5.69 Å². The number of anilines is 1. The first kappa shape index (κ1) is 20.1. The molecular formula is C24H22N4OS. The van der Waals surface area contributed by atoms with E-state index >= 15 is 0 Å². The number of nitrogens with zero attached hydrogens (tertiary/aromatic N) is 3. The predicted molar refractivity (Wildman–Crippen MR) is 118 cm³/mol. The fraction of sp³-hybridized carbons (Fsp3) is 0.250. The summed E-state index contributed by atoms with van der Waals surface area (Å²) in [6.45, 7) is 0. The van der Waals surface area contributed by atoms with Gasteiger partial charge >= 0.3 is 0 Å². The van der Waals surface area contributed by atoms with Crippen molar-refractivity contribution in [2.24, 2.45) is 0 Å². The highest BCUT2D eigenvalue weighted by molar-refractivity contribution is 7.99. The van der Waals surface area contributed by atoms with Crippen LogP contribution in [0, 0.1) is 11.3 Å². The molecule has 0 saturated carbocycles. The van der Waals surface area contributed by atoms with Gasteiger partial charge in [0, 0.05) is 35.9 Å². The molecule has 3 aromatic rings. The molecule has 1 aliphatic rings. The Balaban J connectivity index is 1.39. The van der Waals surface area contributed by atoms with Crippen LogP contribution in [0.5, 0.6) is 0 Å². The van der Waals surface area contributed by atoms with Crippen LogP contribution in [-0.4, -0.2) is 21.6 Å². The van der Waals surface area contributed by atoms with Gasteiger partial charge in [-0.2, -0.15) is 5.26 Å². The lowest BCUT2D eigenvalue weighted by Crippen LogP contribution is -2.15. The van der Waals surface area contributed by atoms with Crippen molar-refractivity contribution in [2.75, 3.05) is 11.1 Å². The number of carbonyl (C=O) groups excluding carboxylic acids is 1. The molecule has 0 spiro atoms. The quantitative estimate of drug-likeness (QED) is 0.589. The molecule has 1 amide bonds. The SMILES string of the molecule is N#Cc1cc2c(nc1SCCC(=O)Nc1ccncc1)CCC(c1ccccc1)C2. The van der Waals surface area contributed by atoms with E-state index in [-0.39, 0.29) is 5.91 Å². The molecule has 5 nitrogen and oxygen atoms in total. The lowest BCUT2D eigenvalue weighted by Gasteiger charge is -2.25. The minimum absolute atomic E-state index is 0.0594. The Bertz CT molecular complexity index is 1060. The van der Waals surface area contributed by atoms with E-state index in [1.54, 1.807) is 24.5 Å². The fourth-order valence-corrected chi connectivity index (χ4v) is 4.66. The number of hydrogen-bond acceptors (Lipinski definition) is 5. The first-order chi connectivity index (χ1) is 14.7. The summed E-state index contributed by atoms with van der Waals surface area (Å²) in [5.74, 6) is 0.989. The van der Waals surface area contributed by atoms with Gasteiger partial charge in [-0.15, -0.1) is 11.8 Å². The largest absolute Gasteiger partial charge is 0.326 e. The number of thioether (sulfide) groups is 1. The third kappa shape index (κ3) is 4.87. The zero-order chi connectivity index (χ0) is 20.8. The van der Waals surface area contributed by atoms with Crippen LogP contribution in [0.3, 0.4) is 0 Å². The Hall–Kier alpha value is -3.17. The van der Waals surface area contributed by atoms with Crippen LogP contribution in [0.1, 0.15) is 41.1 Å². The molecule has 0 fully saturated rings. The van der Waals surface area contributed by atoms with Gasteiger partial charge in [0.1, 0.15) is 11.1 Å². The van der Waals surface area contributed by atoms with Crippen LogP contribution in [-0.2, 0) is 17.6 Å². The minimum Gasteiger partial charge on any atom is -0.326 e. The summed E-state index contributed by atoms with van der Waals surface area (Å²) >= 11 is 1.47. The molecule has 1 unspecified atom stereocenters. The molecule has 1 aromatic carbocycles. The summed E-state index contributed by atoms with van der Waals surface area (Å²) < 4.78 is 0. The van der Waals surface area contributed by atoms with Gasteiger partial charge in [-0.1, -0.05) is 30.3 Å². The van der Waals surface area contributed by atoms with Gasteiger partial charge in [-0.25, -0.2) is 4.98 Å². The maximum absolute atomic E-state index is 12.1. The predicted octanol–water partition coefficient (Wildman–Crippen LogP) is 4.74. The van der Waals surface area contributed by atoms with E-state index in [0.29, 0.717) is 23.7 Å². The van der Waals surface area contributed by atoms with Crippen molar-refractivity contribution in [1.82, 2.24) is 9.97 Å². The number of benzene rings is 1. The number of amides is 1. The van der Waals surface area contributed by atoms with E-state index in [0.717, 1.165) is 35.7 Å². The average Bonchev–Trinajstić information content (AvgIpc) is 2.79. The second kappa shape index (κ2) is 9.55. The molecule has 0 bridgehead atoms. The number of rotatable bonds is 6. The molecule has 0 aliphatic heterocycles. The fourth-order valence-electron chi connectivity index (χ4n) is 3.74. The van der Waals surface area contributed by atoms with Gasteiger partial charge in [-0.3, -0.25) is 9.78 Å². The van der Waals surface area contributed by atoms with Crippen molar-refractivity contribution < 1.29 is 4.79 Å². The van der Waals surface area contributed by atoms with Crippen LogP contribution in [0.25, 0.3) is 0 Å². The van der Waals surface area contributed by atoms with Crippen molar-refractivity contribution in [3.8, 4) is 6.07 Å². The number of fused-ring (bicyclic) bond motifs is 1. The number of aromatic nitrogens is 2. The number of aryl methyl sites for hydroxylation is 1. The van der Waals surface area contributed by atoms with Gasteiger partial charge in [-0.05, 0) is 54.5 Å². The van der Waals surface area contributed by atoms with Crippen molar-refractivity contribution in [1.29, 1.82) is 5.26 Å². The van der Waals surface area contributed by atoms with Gasteiger partial charge in [0.25, 0.3) is 0 Å². The second-order valence-corrected chi connectivity index (χ2v) is 8.38. The molecule has 150 valence electrons. The molecule has 2 aromatic heterocycles. The van der Waals surface area contributed by atoms with E-state index < -0.39 is 0 Å². The number of hydrogen-bond donors (Lipinski definition) is 1. The number of nitriles is 1. The smallest absolute Gasteiger partial charge is 0.225 e. The number of nitrogens with one attached hydrogen (secondary N) is 1.